The van der Waals surface area contributed by atoms with E-state index in [0.717, 1.165) is 16.7 Å². The van der Waals surface area contributed by atoms with Crippen molar-refractivity contribution in [3.63, 3.8) is 0 Å². The van der Waals surface area contributed by atoms with Gasteiger partial charge in [0.1, 0.15) is 23.5 Å². The summed E-state index contributed by atoms with van der Waals surface area (Å²) in [7, 11) is 0. The molecule has 0 bridgehead atoms. The van der Waals surface area contributed by atoms with Crippen LogP contribution in [0.25, 0.3) is 11.0 Å². The normalized spacial score (nSPS) is 14.5. The predicted molar refractivity (Wildman–Crippen MR) is 120 cm³/mol. The van der Waals surface area contributed by atoms with Crippen molar-refractivity contribution in [2.75, 3.05) is 36.4 Å². The van der Waals surface area contributed by atoms with Crippen molar-refractivity contribution in [1.29, 1.82) is 0 Å². The summed E-state index contributed by atoms with van der Waals surface area (Å²) in [6.45, 7) is 8.18. The highest BCUT2D eigenvalue weighted by Gasteiger charge is 2.26. The lowest BCUT2D eigenvalue weighted by molar-refractivity contribution is -0.116. The van der Waals surface area contributed by atoms with Crippen LogP contribution >= 0.6 is 0 Å². The molecule has 3 aromatic rings. The molecule has 4 rings (SSSR count). The molecule has 0 atom stereocenters. The molecule has 168 valence electrons. The number of benzene rings is 1. The lowest BCUT2D eigenvalue weighted by Gasteiger charge is -2.36. The fraction of sp³-hybridized carbons (Fsp3) is 0.409. The first kappa shape index (κ1) is 21.5. The van der Waals surface area contributed by atoms with Gasteiger partial charge in [-0.15, -0.1) is 5.10 Å². The second kappa shape index (κ2) is 8.81. The number of fused-ring (bicyclic) bond motifs is 1. The van der Waals surface area contributed by atoms with Crippen LogP contribution in [0.1, 0.15) is 20.8 Å². The lowest BCUT2D eigenvalue weighted by atomic mass is 10.2. The largest absolute Gasteiger partial charge is 0.444 e. The Labute approximate surface area is 186 Å². The van der Waals surface area contributed by atoms with Crippen molar-refractivity contribution < 1.29 is 14.3 Å². The van der Waals surface area contributed by atoms with Gasteiger partial charge in [0.25, 0.3) is 0 Å². The van der Waals surface area contributed by atoms with E-state index in [-0.39, 0.29) is 18.5 Å². The van der Waals surface area contributed by atoms with Gasteiger partial charge in [-0.1, -0.05) is 17.3 Å². The Hall–Kier alpha value is -3.69. The number of amides is 2. The van der Waals surface area contributed by atoms with Crippen molar-refractivity contribution in [3.8, 4) is 0 Å². The molecule has 2 aromatic heterocycles. The van der Waals surface area contributed by atoms with Gasteiger partial charge >= 0.3 is 6.09 Å². The molecule has 2 amide bonds. The van der Waals surface area contributed by atoms with E-state index in [1.165, 1.54) is 0 Å². The first-order valence-corrected chi connectivity index (χ1v) is 10.6. The van der Waals surface area contributed by atoms with E-state index < -0.39 is 5.60 Å². The molecule has 10 nitrogen and oxygen atoms in total. The van der Waals surface area contributed by atoms with E-state index in [0.29, 0.717) is 32.0 Å². The molecule has 10 heteroatoms. The maximum absolute atomic E-state index is 12.4. The third-order valence-corrected chi connectivity index (χ3v) is 5.03. The average Bonchev–Trinajstić information content (AvgIpc) is 3.16. The van der Waals surface area contributed by atoms with Crippen LogP contribution in [0.3, 0.4) is 0 Å². The summed E-state index contributed by atoms with van der Waals surface area (Å²) in [5, 5.41) is 10.9. The highest BCUT2D eigenvalue weighted by molar-refractivity contribution is 5.90. The van der Waals surface area contributed by atoms with Gasteiger partial charge in [-0.05, 0) is 45.0 Å². The summed E-state index contributed by atoms with van der Waals surface area (Å²) >= 11 is 0. The lowest BCUT2D eigenvalue weighted by Crippen LogP contribution is -2.50. The molecule has 0 radical (unpaired) electrons. The number of hydrogen-bond donors (Lipinski definition) is 1. The van der Waals surface area contributed by atoms with Crippen molar-refractivity contribution in [2.45, 2.75) is 32.9 Å². The minimum absolute atomic E-state index is 0.0522. The summed E-state index contributed by atoms with van der Waals surface area (Å²) in [6, 6.07) is 11.2. The first-order chi connectivity index (χ1) is 15.3. The predicted octanol–water partition coefficient (Wildman–Crippen LogP) is 2.52. The van der Waals surface area contributed by atoms with E-state index in [1.807, 2.05) is 51.1 Å². The molecule has 1 N–H and O–H groups in total. The van der Waals surface area contributed by atoms with Crippen LogP contribution in [0.4, 0.5) is 16.3 Å². The number of piperazine rings is 1. The minimum Gasteiger partial charge on any atom is -0.444 e. The van der Waals surface area contributed by atoms with Gasteiger partial charge in [0.15, 0.2) is 0 Å². The number of carbonyl (C=O) groups is 2. The number of carbonyl (C=O) groups excluding carboxylic acids is 2. The van der Waals surface area contributed by atoms with Gasteiger partial charge < -0.3 is 19.9 Å². The van der Waals surface area contributed by atoms with Gasteiger partial charge in [-0.25, -0.2) is 14.5 Å². The van der Waals surface area contributed by atoms with E-state index in [4.69, 9.17) is 4.74 Å². The molecule has 1 saturated heterocycles. The van der Waals surface area contributed by atoms with Gasteiger partial charge in [-0.2, -0.15) is 0 Å². The molecule has 3 heterocycles. The molecule has 0 aliphatic carbocycles. The summed E-state index contributed by atoms with van der Waals surface area (Å²) in [6.07, 6.45) is 1.44. The zero-order valence-electron chi connectivity index (χ0n) is 18.5. The van der Waals surface area contributed by atoms with Crippen molar-refractivity contribution in [3.05, 3.63) is 42.6 Å². The van der Waals surface area contributed by atoms with Crippen LogP contribution in [0.5, 0.6) is 0 Å². The Balaban J connectivity index is 1.30. The Morgan fingerprint density at radius 3 is 2.50 bits per heavy atom. The molecule has 0 unspecified atom stereocenters. The van der Waals surface area contributed by atoms with Crippen molar-refractivity contribution >= 4 is 34.5 Å². The Morgan fingerprint density at radius 1 is 1.06 bits per heavy atom. The third-order valence-electron chi connectivity index (χ3n) is 5.03. The quantitative estimate of drug-likeness (QED) is 0.669. The zero-order valence-corrected chi connectivity index (χ0v) is 18.5. The molecular weight excluding hydrogens is 410 g/mol. The third kappa shape index (κ3) is 5.13. The Bertz CT molecular complexity index is 1100. The standard InChI is InChI=1S/C22H27N7O3/c1-22(2,3)32-21(31)28-12-10-27(11-13-28)16-8-9-19(23-14-16)24-20(30)15-29-18-7-5-4-6-17(18)25-26-29/h4-9,14H,10-13,15H2,1-3H3,(H,23,24,30). The number of anilines is 2. The highest BCUT2D eigenvalue weighted by atomic mass is 16.6. The van der Waals surface area contributed by atoms with Crippen LogP contribution in [-0.4, -0.2) is 68.7 Å². The number of aromatic nitrogens is 4. The zero-order chi connectivity index (χ0) is 22.7. The molecule has 0 spiro atoms. The van der Waals surface area contributed by atoms with Crippen LogP contribution in [-0.2, 0) is 16.1 Å². The highest BCUT2D eigenvalue weighted by Crippen LogP contribution is 2.19. The topological polar surface area (TPSA) is 105 Å². The molecule has 0 saturated carbocycles. The van der Waals surface area contributed by atoms with Crippen LogP contribution < -0.4 is 10.2 Å². The molecule has 1 aliphatic heterocycles. The number of ether oxygens (including phenoxy) is 1. The Morgan fingerprint density at radius 2 is 1.81 bits per heavy atom. The average molecular weight is 438 g/mol. The summed E-state index contributed by atoms with van der Waals surface area (Å²) in [4.78, 5) is 32.9. The summed E-state index contributed by atoms with van der Waals surface area (Å²) < 4.78 is 7.00. The molecule has 32 heavy (non-hydrogen) atoms. The van der Waals surface area contributed by atoms with Gasteiger partial charge in [0, 0.05) is 26.2 Å². The fourth-order valence-corrected chi connectivity index (χ4v) is 3.47. The second-order valence-electron chi connectivity index (χ2n) is 8.64. The number of nitrogens with one attached hydrogen (secondary N) is 1. The number of rotatable bonds is 4. The van der Waals surface area contributed by atoms with E-state index in [2.05, 4.69) is 25.5 Å². The first-order valence-electron chi connectivity index (χ1n) is 10.6. The van der Waals surface area contributed by atoms with Crippen molar-refractivity contribution in [2.24, 2.45) is 0 Å². The number of hydrogen-bond acceptors (Lipinski definition) is 7. The van der Waals surface area contributed by atoms with Crippen molar-refractivity contribution in [1.82, 2.24) is 24.9 Å². The maximum Gasteiger partial charge on any atom is 0.410 e. The van der Waals surface area contributed by atoms with Crippen LogP contribution in [0.15, 0.2) is 42.6 Å². The molecular formula is C22H27N7O3. The smallest absolute Gasteiger partial charge is 0.410 e. The monoisotopic (exact) mass is 437 g/mol. The van der Waals surface area contributed by atoms with E-state index in [9.17, 15) is 9.59 Å². The van der Waals surface area contributed by atoms with Gasteiger partial charge in [0.2, 0.25) is 5.91 Å². The second-order valence-corrected chi connectivity index (χ2v) is 8.64. The van der Waals surface area contributed by atoms with Gasteiger partial charge in [-0.3, -0.25) is 4.79 Å². The van der Waals surface area contributed by atoms with Crippen LogP contribution in [0.2, 0.25) is 0 Å². The number of nitrogens with zero attached hydrogens (tertiary/aromatic N) is 6. The summed E-state index contributed by atoms with van der Waals surface area (Å²) in [5.41, 5.74) is 1.99. The number of para-hydroxylation sites is 1. The number of pyridine rings is 1. The molecule has 1 aliphatic rings. The SMILES string of the molecule is CC(C)(C)OC(=O)N1CCN(c2ccc(NC(=O)Cn3nnc4ccccc43)nc2)CC1. The maximum atomic E-state index is 12.4. The summed E-state index contributed by atoms with van der Waals surface area (Å²) in [5.74, 6) is 0.238. The minimum atomic E-state index is -0.501. The Kier molecular flexibility index (Phi) is 5.93. The molecule has 1 aromatic carbocycles. The molecule has 1 fully saturated rings. The van der Waals surface area contributed by atoms with Gasteiger partial charge in [0.05, 0.1) is 17.4 Å². The van der Waals surface area contributed by atoms with E-state index >= 15 is 0 Å². The van der Waals surface area contributed by atoms with Crippen LogP contribution in [0, 0.1) is 0 Å². The van der Waals surface area contributed by atoms with E-state index in [1.54, 1.807) is 21.8 Å². The fourth-order valence-electron chi connectivity index (χ4n) is 3.47.